The normalized spacial score (nSPS) is 20.5. The number of aliphatic hydroxyl groups is 1. The van der Waals surface area contributed by atoms with Gasteiger partial charge in [-0.05, 0) is 44.7 Å². The number of carbonyl (C=O) groups is 1. The van der Waals surface area contributed by atoms with Crippen molar-refractivity contribution in [2.24, 2.45) is 16.6 Å². The van der Waals surface area contributed by atoms with Crippen LogP contribution < -0.4 is 11.1 Å². The van der Waals surface area contributed by atoms with Crippen molar-refractivity contribution < 1.29 is 14.3 Å². The highest BCUT2D eigenvalue weighted by atomic mass is 127. The van der Waals surface area contributed by atoms with Gasteiger partial charge in [0, 0.05) is 26.1 Å². The van der Waals surface area contributed by atoms with Gasteiger partial charge in [0.05, 0.1) is 12.8 Å². The van der Waals surface area contributed by atoms with Gasteiger partial charge in [-0.25, -0.2) is 4.99 Å². The van der Waals surface area contributed by atoms with Gasteiger partial charge in [0.2, 0.25) is 5.91 Å². The number of nitrogens with one attached hydrogen (secondary N) is 1. The molecule has 4 N–H and O–H groups in total. The van der Waals surface area contributed by atoms with Gasteiger partial charge in [-0.15, -0.1) is 24.0 Å². The standard InChI is InChI=1S/C17H28N4O3.HI/c1-3-19-16(20-12-17(2,23)14-7-5-9-24-14)21-8-4-6-13(11-21)10-15(18)22;/h5,7,9,13,23H,3-4,6,8,10-12H2,1-2H3,(H2,18,22)(H,19,20);1H. The Morgan fingerprint density at radius 1 is 1.60 bits per heavy atom. The summed E-state index contributed by atoms with van der Waals surface area (Å²) in [6, 6.07) is 3.49. The van der Waals surface area contributed by atoms with Crippen LogP contribution in [0.15, 0.2) is 27.8 Å². The van der Waals surface area contributed by atoms with E-state index in [0.717, 1.165) is 38.4 Å². The van der Waals surface area contributed by atoms with E-state index in [2.05, 4.69) is 15.2 Å². The molecule has 2 unspecified atom stereocenters. The average Bonchev–Trinajstić information content (AvgIpc) is 3.06. The van der Waals surface area contributed by atoms with Gasteiger partial charge in [0.25, 0.3) is 0 Å². The summed E-state index contributed by atoms with van der Waals surface area (Å²) in [6.07, 6.45) is 3.94. The number of piperidine rings is 1. The second-order valence-electron chi connectivity index (χ2n) is 6.55. The molecule has 1 amide bonds. The predicted molar refractivity (Wildman–Crippen MR) is 108 cm³/mol. The van der Waals surface area contributed by atoms with Crippen molar-refractivity contribution in [1.29, 1.82) is 0 Å². The lowest BCUT2D eigenvalue weighted by molar-refractivity contribution is -0.119. The van der Waals surface area contributed by atoms with E-state index in [4.69, 9.17) is 10.2 Å². The SMILES string of the molecule is CCNC(=NCC(C)(O)c1ccco1)N1CCCC(CC(N)=O)C1.I. The molecule has 1 aromatic rings. The van der Waals surface area contributed by atoms with E-state index < -0.39 is 5.60 Å². The van der Waals surface area contributed by atoms with Crippen molar-refractivity contribution in [3.63, 3.8) is 0 Å². The van der Waals surface area contributed by atoms with E-state index in [9.17, 15) is 9.90 Å². The van der Waals surface area contributed by atoms with Crippen LogP contribution in [-0.2, 0) is 10.4 Å². The lowest BCUT2D eigenvalue weighted by atomic mass is 9.95. The van der Waals surface area contributed by atoms with Crippen molar-refractivity contribution in [3.05, 3.63) is 24.2 Å². The average molecular weight is 464 g/mol. The van der Waals surface area contributed by atoms with Gasteiger partial charge >= 0.3 is 0 Å². The number of likely N-dealkylation sites (tertiary alicyclic amines) is 1. The number of carbonyl (C=O) groups excluding carboxylic acids is 1. The number of aliphatic imine (C=N–C) groups is 1. The molecular formula is C17H29IN4O3. The maximum absolute atomic E-state index is 11.2. The molecular weight excluding hydrogens is 435 g/mol. The molecule has 1 saturated heterocycles. The molecule has 2 atom stereocenters. The minimum atomic E-state index is -1.16. The second-order valence-corrected chi connectivity index (χ2v) is 6.55. The Balaban J connectivity index is 0.00000312. The van der Waals surface area contributed by atoms with Gasteiger partial charge in [-0.2, -0.15) is 0 Å². The van der Waals surface area contributed by atoms with Crippen LogP contribution in [0, 0.1) is 5.92 Å². The first-order chi connectivity index (χ1) is 11.4. The molecule has 25 heavy (non-hydrogen) atoms. The van der Waals surface area contributed by atoms with Crippen molar-refractivity contribution in [3.8, 4) is 0 Å². The highest BCUT2D eigenvalue weighted by molar-refractivity contribution is 14.0. The molecule has 1 fully saturated rings. The molecule has 2 heterocycles. The molecule has 0 radical (unpaired) electrons. The van der Waals surface area contributed by atoms with Crippen LogP contribution in [0.2, 0.25) is 0 Å². The molecule has 1 aliphatic rings. The number of nitrogens with zero attached hydrogens (tertiary/aromatic N) is 2. The number of halogens is 1. The first-order valence-corrected chi connectivity index (χ1v) is 8.50. The van der Waals surface area contributed by atoms with Crippen LogP contribution in [0.4, 0.5) is 0 Å². The smallest absolute Gasteiger partial charge is 0.217 e. The third-order valence-electron chi connectivity index (χ3n) is 4.23. The number of primary amides is 1. The lowest BCUT2D eigenvalue weighted by Crippen LogP contribution is -2.47. The first-order valence-electron chi connectivity index (χ1n) is 8.50. The van der Waals surface area contributed by atoms with Crippen molar-refractivity contribution in [2.45, 2.75) is 38.7 Å². The van der Waals surface area contributed by atoms with Gasteiger partial charge in [0.15, 0.2) is 5.96 Å². The topological polar surface area (TPSA) is 104 Å². The third kappa shape index (κ3) is 6.50. The fourth-order valence-electron chi connectivity index (χ4n) is 3.03. The largest absolute Gasteiger partial charge is 0.466 e. The molecule has 0 saturated carbocycles. The molecule has 1 aromatic heterocycles. The predicted octanol–water partition coefficient (Wildman–Crippen LogP) is 1.66. The summed E-state index contributed by atoms with van der Waals surface area (Å²) in [5, 5.41) is 13.8. The Bertz CT molecular complexity index is 560. The quantitative estimate of drug-likeness (QED) is 0.338. The highest BCUT2D eigenvalue weighted by Gasteiger charge is 2.28. The minimum Gasteiger partial charge on any atom is -0.466 e. The van der Waals surface area contributed by atoms with Gasteiger partial charge in [0.1, 0.15) is 11.4 Å². The summed E-state index contributed by atoms with van der Waals surface area (Å²) in [7, 11) is 0. The van der Waals surface area contributed by atoms with Crippen molar-refractivity contribution >= 4 is 35.8 Å². The van der Waals surface area contributed by atoms with Gasteiger partial charge in [-0.1, -0.05) is 0 Å². The first kappa shape index (κ1) is 21.8. The highest BCUT2D eigenvalue weighted by Crippen LogP contribution is 2.22. The third-order valence-corrected chi connectivity index (χ3v) is 4.23. The van der Waals surface area contributed by atoms with Crippen molar-refractivity contribution in [1.82, 2.24) is 10.2 Å². The van der Waals surface area contributed by atoms with Crippen LogP contribution in [0.25, 0.3) is 0 Å². The molecule has 7 nitrogen and oxygen atoms in total. The van der Waals surface area contributed by atoms with Crippen LogP contribution in [-0.4, -0.2) is 48.1 Å². The summed E-state index contributed by atoms with van der Waals surface area (Å²) in [5.41, 5.74) is 4.17. The van der Waals surface area contributed by atoms with Gasteiger partial charge in [-0.3, -0.25) is 4.79 Å². The number of rotatable bonds is 6. The molecule has 2 rings (SSSR count). The summed E-state index contributed by atoms with van der Waals surface area (Å²) in [4.78, 5) is 17.9. The lowest BCUT2D eigenvalue weighted by Gasteiger charge is -2.35. The summed E-state index contributed by atoms with van der Waals surface area (Å²) < 4.78 is 5.29. The van der Waals surface area contributed by atoms with Crippen LogP contribution in [0.5, 0.6) is 0 Å². The molecule has 0 spiro atoms. The zero-order chi connectivity index (χ0) is 17.6. The Kier molecular flexibility index (Phi) is 8.70. The zero-order valence-corrected chi connectivity index (χ0v) is 17.2. The molecule has 142 valence electrons. The number of amides is 1. The number of nitrogens with two attached hydrogens (primary N) is 1. The number of hydrogen-bond acceptors (Lipinski definition) is 4. The van der Waals surface area contributed by atoms with E-state index in [1.807, 2.05) is 6.92 Å². The molecule has 0 bridgehead atoms. The Labute approximate surface area is 166 Å². The van der Waals surface area contributed by atoms with E-state index in [0.29, 0.717) is 12.2 Å². The van der Waals surface area contributed by atoms with Crippen molar-refractivity contribution in [2.75, 3.05) is 26.2 Å². The van der Waals surface area contributed by atoms with Crippen LogP contribution in [0.1, 0.15) is 38.9 Å². The minimum absolute atomic E-state index is 0. The summed E-state index contributed by atoms with van der Waals surface area (Å²) in [6.45, 7) is 6.25. The number of furan rings is 1. The van der Waals surface area contributed by atoms with Crippen LogP contribution >= 0.6 is 24.0 Å². The maximum atomic E-state index is 11.2. The number of hydrogen-bond donors (Lipinski definition) is 3. The van der Waals surface area contributed by atoms with E-state index >= 15 is 0 Å². The monoisotopic (exact) mass is 464 g/mol. The molecule has 0 aliphatic carbocycles. The summed E-state index contributed by atoms with van der Waals surface area (Å²) in [5.74, 6) is 1.24. The fourth-order valence-corrected chi connectivity index (χ4v) is 3.03. The Morgan fingerprint density at radius 2 is 2.36 bits per heavy atom. The van der Waals surface area contributed by atoms with E-state index in [-0.39, 0.29) is 42.3 Å². The second kappa shape index (κ2) is 10.0. The Morgan fingerprint density at radius 3 is 2.96 bits per heavy atom. The maximum Gasteiger partial charge on any atom is 0.217 e. The van der Waals surface area contributed by atoms with E-state index in [1.165, 1.54) is 6.26 Å². The molecule has 8 heteroatoms. The fraction of sp³-hybridized carbons (Fsp3) is 0.647. The molecule has 1 aliphatic heterocycles. The van der Waals surface area contributed by atoms with Gasteiger partial charge < -0.3 is 25.5 Å². The Hall–Kier alpha value is -1.29. The molecule has 0 aromatic carbocycles. The summed E-state index contributed by atoms with van der Waals surface area (Å²) >= 11 is 0. The number of guanidine groups is 1. The zero-order valence-electron chi connectivity index (χ0n) is 14.9. The van der Waals surface area contributed by atoms with Crippen LogP contribution in [0.3, 0.4) is 0 Å². The van der Waals surface area contributed by atoms with E-state index in [1.54, 1.807) is 19.1 Å².